The van der Waals surface area contributed by atoms with Gasteiger partial charge in [0.2, 0.25) is 0 Å². The van der Waals surface area contributed by atoms with Crippen LogP contribution in [0.5, 0.6) is 5.75 Å². The maximum Gasteiger partial charge on any atom is 0.341 e. The molecule has 1 N–H and O–H groups in total. The number of phenols is 1. The van der Waals surface area contributed by atoms with Crippen LogP contribution in [0.3, 0.4) is 0 Å². The highest BCUT2D eigenvalue weighted by Crippen LogP contribution is 2.39. The minimum atomic E-state index is -0.402. The van der Waals surface area contributed by atoms with E-state index in [0.717, 1.165) is 21.2 Å². The molecule has 3 rings (SSSR count). The number of benzene rings is 2. The Kier molecular flexibility index (Phi) is 4.81. The lowest BCUT2D eigenvalue weighted by Gasteiger charge is -2.04. The molecule has 0 unspecified atom stereocenters. The van der Waals surface area contributed by atoms with Gasteiger partial charge >= 0.3 is 5.97 Å². The molecule has 0 saturated heterocycles. The summed E-state index contributed by atoms with van der Waals surface area (Å²) < 4.78 is 5.13. The Bertz CT molecular complexity index is 976. The van der Waals surface area contributed by atoms with Crippen LogP contribution < -0.4 is 0 Å². The lowest BCUT2D eigenvalue weighted by molar-refractivity contribution is 0.0527. The zero-order valence-electron chi connectivity index (χ0n) is 14.2. The van der Waals surface area contributed by atoms with E-state index in [9.17, 15) is 9.90 Å². The quantitative estimate of drug-likeness (QED) is 0.474. The van der Waals surface area contributed by atoms with Gasteiger partial charge in [0.1, 0.15) is 17.0 Å². The van der Waals surface area contributed by atoms with Gasteiger partial charge in [0.05, 0.1) is 6.61 Å². The van der Waals surface area contributed by atoms with E-state index in [1.54, 1.807) is 13.0 Å². The molecule has 0 aliphatic rings. The molecule has 25 heavy (non-hydrogen) atoms. The molecule has 0 aliphatic carbocycles. The number of azo groups is 1. The number of thiophene rings is 1. The van der Waals surface area contributed by atoms with Crippen molar-refractivity contribution in [1.29, 1.82) is 0 Å². The van der Waals surface area contributed by atoms with E-state index < -0.39 is 5.97 Å². The van der Waals surface area contributed by atoms with Gasteiger partial charge in [0, 0.05) is 10.3 Å². The standard InChI is InChI=1S/C19H18N2O3S/c1-4-24-19(23)16-11(2)12(3)25-18(16)21-20-17-14-8-6-5-7-13(14)9-10-15(17)22/h5-10,22H,4H2,1-3H3. The smallest absolute Gasteiger partial charge is 0.341 e. The zero-order valence-corrected chi connectivity index (χ0v) is 15.1. The number of carbonyl (C=O) groups excluding carboxylic acids is 1. The minimum Gasteiger partial charge on any atom is -0.506 e. The third kappa shape index (κ3) is 3.25. The first-order valence-corrected chi connectivity index (χ1v) is 8.74. The Morgan fingerprint density at radius 2 is 1.92 bits per heavy atom. The third-order valence-corrected chi connectivity index (χ3v) is 5.06. The normalized spacial score (nSPS) is 11.3. The number of aryl methyl sites for hydroxylation is 1. The van der Waals surface area contributed by atoms with E-state index in [1.165, 1.54) is 11.3 Å². The maximum absolute atomic E-state index is 12.2. The fourth-order valence-corrected chi connectivity index (χ4v) is 3.53. The second-order valence-corrected chi connectivity index (χ2v) is 6.74. The van der Waals surface area contributed by atoms with Gasteiger partial charge in [0.25, 0.3) is 0 Å². The predicted octanol–water partition coefficient (Wildman–Crippen LogP) is 5.82. The third-order valence-electron chi connectivity index (χ3n) is 3.97. The SMILES string of the molecule is CCOC(=O)c1c(N=Nc2c(O)ccc3ccccc23)sc(C)c1C. The number of esters is 1. The summed E-state index contributed by atoms with van der Waals surface area (Å²) in [5, 5.41) is 20.9. The first kappa shape index (κ1) is 17.1. The lowest BCUT2D eigenvalue weighted by Crippen LogP contribution is -2.05. The number of ether oxygens (including phenoxy) is 1. The van der Waals surface area contributed by atoms with Crippen LogP contribution in [0.15, 0.2) is 46.6 Å². The van der Waals surface area contributed by atoms with Gasteiger partial charge in [0.15, 0.2) is 5.00 Å². The number of nitrogens with zero attached hydrogens (tertiary/aromatic N) is 2. The molecule has 0 radical (unpaired) electrons. The Morgan fingerprint density at radius 3 is 2.68 bits per heavy atom. The molecule has 5 nitrogen and oxygen atoms in total. The van der Waals surface area contributed by atoms with Gasteiger partial charge in [-0.05, 0) is 37.8 Å². The van der Waals surface area contributed by atoms with E-state index in [2.05, 4.69) is 10.2 Å². The van der Waals surface area contributed by atoms with Crippen molar-refractivity contribution in [2.75, 3.05) is 6.61 Å². The van der Waals surface area contributed by atoms with Crippen LogP contribution in [0, 0.1) is 13.8 Å². The highest BCUT2D eigenvalue weighted by Gasteiger charge is 2.21. The molecule has 0 amide bonds. The van der Waals surface area contributed by atoms with Crippen LogP contribution >= 0.6 is 11.3 Å². The summed E-state index contributed by atoms with van der Waals surface area (Å²) in [4.78, 5) is 13.2. The Morgan fingerprint density at radius 1 is 1.16 bits per heavy atom. The second kappa shape index (κ2) is 7.03. The van der Waals surface area contributed by atoms with Crippen LogP contribution in [0.1, 0.15) is 27.7 Å². The number of fused-ring (bicyclic) bond motifs is 1. The number of rotatable bonds is 4. The van der Waals surface area contributed by atoms with Crippen molar-refractivity contribution in [1.82, 2.24) is 0 Å². The molecule has 0 fully saturated rings. The maximum atomic E-state index is 12.2. The van der Waals surface area contributed by atoms with Crippen molar-refractivity contribution in [3.05, 3.63) is 52.4 Å². The molecule has 1 aromatic heterocycles. The summed E-state index contributed by atoms with van der Waals surface area (Å²) in [5.41, 5.74) is 1.67. The molecule has 3 aromatic rings. The number of hydrogen-bond acceptors (Lipinski definition) is 6. The van der Waals surface area contributed by atoms with Crippen LogP contribution in [0.4, 0.5) is 10.7 Å². The molecule has 1 heterocycles. The van der Waals surface area contributed by atoms with E-state index in [4.69, 9.17) is 4.74 Å². The topological polar surface area (TPSA) is 71.2 Å². The Labute approximate surface area is 149 Å². The first-order valence-electron chi connectivity index (χ1n) is 7.92. The molecular formula is C19H18N2O3S. The fourth-order valence-electron chi connectivity index (χ4n) is 2.57. The summed E-state index contributed by atoms with van der Waals surface area (Å²) >= 11 is 1.38. The molecule has 2 aromatic carbocycles. The predicted molar refractivity (Wildman–Crippen MR) is 99.5 cm³/mol. The molecule has 0 atom stereocenters. The summed E-state index contributed by atoms with van der Waals surface area (Å²) in [6.45, 7) is 5.86. The number of carbonyl (C=O) groups is 1. The molecular weight excluding hydrogens is 336 g/mol. The zero-order chi connectivity index (χ0) is 18.0. The van der Waals surface area contributed by atoms with Gasteiger partial charge in [-0.15, -0.1) is 21.6 Å². The monoisotopic (exact) mass is 354 g/mol. The van der Waals surface area contributed by atoms with Crippen molar-refractivity contribution < 1.29 is 14.6 Å². The Balaban J connectivity index is 2.08. The largest absolute Gasteiger partial charge is 0.506 e. The van der Waals surface area contributed by atoms with Crippen LogP contribution in [-0.2, 0) is 4.74 Å². The molecule has 6 heteroatoms. The van der Waals surface area contributed by atoms with Crippen molar-refractivity contribution >= 4 is 38.8 Å². The summed E-state index contributed by atoms with van der Waals surface area (Å²) in [7, 11) is 0. The summed E-state index contributed by atoms with van der Waals surface area (Å²) in [6, 6.07) is 11.0. The lowest BCUT2D eigenvalue weighted by atomic mass is 10.1. The van der Waals surface area contributed by atoms with Crippen LogP contribution in [0.25, 0.3) is 10.8 Å². The number of aromatic hydroxyl groups is 1. The van der Waals surface area contributed by atoms with Crippen molar-refractivity contribution in [3.63, 3.8) is 0 Å². The van der Waals surface area contributed by atoms with Gasteiger partial charge in [-0.25, -0.2) is 4.79 Å². The molecule has 0 spiro atoms. The van der Waals surface area contributed by atoms with Crippen molar-refractivity contribution in [2.45, 2.75) is 20.8 Å². The average Bonchev–Trinajstić information content (AvgIpc) is 2.88. The van der Waals surface area contributed by atoms with E-state index >= 15 is 0 Å². The van der Waals surface area contributed by atoms with Gasteiger partial charge < -0.3 is 9.84 Å². The van der Waals surface area contributed by atoms with Crippen molar-refractivity contribution in [3.8, 4) is 5.75 Å². The van der Waals surface area contributed by atoms with Gasteiger partial charge in [-0.1, -0.05) is 30.3 Å². The Hall–Kier alpha value is -2.73. The van der Waals surface area contributed by atoms with Crippen LogP contribution in [0.2, 0.25) is 0 Å². The first-order chi connectivity index (χ1) is 12.0. The molecule has 0 bridgehead atoms. The summed E-state index contributed by atoms with van der Waals surface area (Å²) in [6.07, 6.45) is 0. The van der Waals surface area contributed by atoms with Gasteiger partial charge in [-0.2, -0.15) is 0 Å². The highest BCUT2D eigenvalue weighted by atomic mass is 32.1. The van der Waals surface area contributed by atoms with Gasteiger partial charge in [-0.3, -0.25) is 0 Å². The average molecular weight is 354 g/mol. The van der Waals surface area contributed by atoms with E-state index in [1.807, 2.05) is 44.2 Å². The number of hydrogen-bond donors (Lipinski definition) is 1. The number of phenolic OH excluding ortho intramolecular Hbond substituents is 1. The minimum absolute atomic E-state index is 0.0464. The molecule has 0 saturated carbocycles. The second-order valence-electron chi connectivity index (χ2n) is 5.54. The highest BCUT2D eigenvalue weighted by molar-refractivity contribution is 7.16. The fraction of sp³-hybridized carbons (Fsp3) is 0.211. The molecule has 128 valence electrons. The van der Waals surface area contributed by atoms with Crippen LogP contribution in [-0.4, -0.2) is 17.7 Å². The van der Waals surface area contributed by atoms with Crippen molar-refractivity contribution in [2.24, 2.45) is 10.2 Å². The van der Waals surface area contributed by atoms with E-state index in [-0.39, 0.29) is 5.75 Å². The summed E-state index contributed by atoms with van der Waals surface area (Å²) in [5.74, 6) is -0.356. The van der Waals surface area contributed by atoms with E-state index in [0.29, 0.717) is 22.9 Å². The molecule has 0 aliphatic heterocycles.